The summed E-state index contributed by atoms with van der Waals surface area (Å²) in [6.07, 6.45) is 5.71. The Labute approximate surface area is 119 Å². The first-order chi connectivity index (χ1) is 9.72. The molecule has 0 aliphatic carbocycles. The van der Waals surface area contributed by atoms with Gasteiger partial charge in [-0.3, -0.25) is 5.43 Å². The SMILES string of the molecule is CCCC(C)Oc1nc(NN)nc(N2CCCCC2)n1. The lowest BCUT2D eigenvalue weighted by molar-refractivity contribution is 0.192. The Morgan fingerprint density at radius 1 is 1.25 bits per heavy atom. The topological polar surface area (TPSA) is 89.2 Å². The van der Waals surface area contributed by atoms with Gasteiger partial charge in [0.15, 0.2) is 0 Å². The Morgan fingerprint density at radius 3 is 2.65 bits per heavy atom. The molecule has 1 aliphatic rings. The highest BCUT2D eigenvalue weighted by Crippen LogP contribution is 2.19. The number of anilines is 2. The third-order valence-electron chi connectivity index (χ3n) is 3.37. The minimum Gasteiger partial charge on any atom is -0.460 e. The molecule has 7 heteroatoms. The van der Waals surface area contributed by atoms with Gasteiger partial charge >= 0.3 is 6.01 Å². The van der Waals surface area contributed by atoms with Crippen LogP contribution in [0.25, 0.3) is 0 Å². The fourth-order valence-corrected chi connectivity index (χ4v) is 2.34. The number of rotatable bonds is 6. The van der Waals surface area contributed by atoms with Gasteiger partial charge in [0.05, 0.1) is 6.10 Å². The number of hydrogen-bond acceptors (Lipinski definition) is 7. The third-order valence-corrected chi connectivity index (χ3v) is 3.37. The average Bonchev–Trinajstić information content (AvgIpc) is 2.48. The summed E-state index contributed by atoms with van der Waals surface area (Å²) in [5.41, 5.74) is 2.48. The van der Waals surface area contributed by atoms with Crippen molar-refractivity contribution in [2.75, 3.05) is 23.4 Å². The standard InChI is InChI=1S/C13H24N6O/c1-3-7-10(2)20-13-16-11(18-14)15-12(17-13)19-8-5-4-6-9-19/h10H,3-9,14H2,1-2H3,(H,15,16,17,18). The fourth-order valence-electron chi connectivity index (χ4n) is 2.34. The smallest absolute Gasteiger partial charge is 0.323 e. The van der Waals surface area contributed by atoms with Crippen molar-refractivity contribution < 1.29 is 4.74 Å². The second kappa shape index (κ2) is 7.23. The van der Waals surface area contributed by atoms with Crippen LogP contribution in [0.2, 0.25) is 0 Å². The van der Waals surface area contributed by atoms with Crippen LogP contribution in [0.15, 0.2) is 0 Å². The fraction of sp³-hybridized carbons (Fsp3) is 0.769. The molecule has 1 fully saturated rings. The summed E-state index contributed by atoms with van der Waals surface area (Å²) in [4.78, 5) is 15.0. The molecule has 0 spiro atoms. The van der Waals surface area contributed by atoms with Crippen LogP contribution in [-0.2, 0) is 0 Å². The minimum atomic E-state index is 0.0854. The Hall–Kier alpha value is -1.63. The number of hydrazine groups is 1. The van der Waals surface area contributed by atoms with E-state index >= 15 is 0 Å². The van der Waals surface area contributed by atoms with E-state index in [1.54, 1.807) is 0 Å². The van der Waals surface area contributed by atoms with Crippen LogP contribution >= 0.6 is 0 Å². The van der Waals surface area contributed by atoms with E-state index in [1.165, 1.54) is 19.3 Å². The van der Waals surface area contributed by atoms with Crippen molar-refractivity contribution >= 4 is 11.9 Å². The van der Waals surface area contributed by atoms with Crippen LogP contribution in [0.5, 0.6) is 6.01 Å². The number of nitrogens with zero attached hydrogens (tertiary/aromatic N) is 4. The van der Waals surface area contributed by atoms with Crippen molar-refractivity contribution in [3.05, 3.63) is 0 Å². The number of nitrogens with two attached hydrogens (primary N) is 1. The molecule has 0 bridgehead atoms. The van der Waals surface area contributed by atoms with Crippen LogP contribution in [-0.4, -0.2) is 34.1 Å². The average molecular weight is 280 g/mol. The van der Waals surface area contributed by atoms with Gasteiger partial charge in [0.2, 0.25) is 11.9 Å². The zero-order valence-electron chi connectivity index (χ0n) is 12.3. The molecule has 2 rings (SSSR count). The second-order valence-corrected chi connectivity index (χ2v) is 5.15. The van der Waals surface area contributed by atoms with Crippen molar-refractivity contribution in [1.82, 2.24) is 15.0 Å². The van der Waals surface area contributed by atoms with Gasteiger partial charge in [0.25, 0.3) is 0 Å². The van der Waals surface area contributed by atoms with Crippen LogP contribution in [0.1, 0.15) is 46.0 Å². The van der Waals surface area contributed by atoms with E-state index in [2.05, 4.69) is 32.2 Å². The number of piperidine rings is 1. The van der Waals surface area contributed by atoms with Crippen molar-refractivity contribution in [2.24, 2.45) is 5.84 Å². The van der Waals surface area contributed by atoms with Crippen LogP contribution in [0, 0.1) is 0 Å². The summed E-state index contributed by atoms with van der Waals surface area (Å²) >= 11 is 0. The van der Waals surface area contributed by atoms with E-state index in [-0.39, 0.29) is 6.10 Å². The summed E-state index contributed by atoms with van der Waals surface area (Å²) in [7, 11) is 0. The van der Waals surface area contributed by atoms with E-state index in [4.69, 9.17) is 10.6 Å². The van der Waals surface area contributed by atoms with Gasteiger partial charge in [0, 0.05) is 13.1 Å². The van der Waals surface area contributed by atoms with E-state index in [1.807, 2.05) is 6.92 Å². The predicted molar refractivity (Wildman–Crippen MR) is 78.7 cm³/mol. The molecule has 0 saturated carbocycles. The third kappa shape index (κ3) is 3.93. The van der Waals surface area contributed by atoms with Crippen LogP contribution < -0.4 is 20.9 Å². The zero-order valence-corrected chi connectivity index (χ0v) is 12.3. The molecule has 7 nitrogen and oxygen atoms in total. The van der Waals surface area contributed by atoms with Gasteiger partial charge in [0.1, 0.15) is 0 Å². The first-order valence-corrected chi connectivity index (χ1v) is 7.37. The number of nitrogen functional groups attached to an aromatic ring is 1. The van der Waals surface area contributed by atoms with Gasteiger partial charge in [-0.1, -0.05) is 13.3 Å². The lowest BCUT2D eigenvalue weighted by Crippen LogP contribution is -2.31. The number of ether oxygens (including phenoxy) is 1. The maximum absolute atomic E-state index is 5.74. The Morgan fingerprint density at radius 2 is 2.00 bits per heavy atom. The van der Waals surface area contributed by atoms with Crippen molar-refractivity contribution in [2.45, 2.75) is 52.1 Å². The largest absolute Gasteiger partial charge is 0.460 e. The van der Waals surface area contributed by atoms with Crippen molar-refractivity contribution in [1.29, 1.82) is 0 Å². The number of nitrogens with one attached hydrogen (secondary N) is 1. The Balaban J connectivity index is 2.14. The predicted octanol–water partition coefficient (Wildman–Crippen LogP) is 1.71. The summed E-state index contributed by atoms with van der Waals surface area (Å²) in [5.74, 6) is 6.42. The number of hydrogen-bond donors (Lipinski definition) is 2. The van der Waals surface area contributed by atoms with E-state index in [0.29, 0.717) is 17.9 Å². The molecule has 1 unspecified atom stereocenters. The zero-order chi connectivity index (χ0) is 14.4. The van der Waals surface area contributed by atoms with Crippen LogP contribution in [0.4, 0.5) is 11.9 Å². The maximum Gasteiger partial charge on any atom is 0.323 e. The Kier molecular flexibility index (Phi) is 5.34. The van der Waals surface area contributed by atoms with Gasteiger partial charge in [-0.25, -0.2) is 5.84 Å². The van der Waals surface area contributed by atoms with Gasteiger partial charge in [-0.05, 0) is 32.6 Å². The molecule has 0 aromatic carbocycles. The molecule has 20 heavy (non-hydrogen) atoms. The molecule has 0 amide bonds. The highest BCUT2D eigenvalue weighted by Gasteiger charge is 2.17. The first kappa shape index (κ1) is 14.8. The van der Waals surface area contributed by atoms with Gasteiger partial charge in [-0.15, -0.1) is 0 Å². The monoisotopic (exact) mass is 280 g/mol. The first-order valence-electron chi connectivity index (χ1n) is 7.37. The molecule has 1 saturated heterocycles. The van der Waals surface area contributed by atoms with E-state index in [0.717, 1.165) is 25.9 Å². The van der Waals surface area contributed by atoms with Crippen molar-refractivity contribution in [3.8, 4) is 6.01 Å². The normalized spacial score (nSPS) is 16.9. The molecule has 3 N–H and O–H groups in total. The van der Waals surface area contributed by atoms with Gasteiger partial charge in [-0.2, -0.15) is 15.0 Å². The highest BCUT2D eigenvalue weighted by molar-refractivity contribution is 5.38. The quantitative estimate of drug-likeness (QED) is 0.605. The minimum absolute atomic E-state index is 0.0854. The van der Waals surface area contributed by atoms with Crippen molar-refractivity contribution in [3.63, 3.8) is 0 Å². The molecular weight excluding hydrogens is 256 g/mol. The maximum atomic E-state index is 5.74. The highest BCUT2D eigenvalue weighted by atomic mass is 16.5. The molecule has 1 aromatic heterocycles. The molecule has 0 radical (unpaired) electrons. The molecular formula is C13H24N6O. The van der Waals surface area contributed by atoms with E-state index < -0.39 is 0 Å². The molecule has 1 aromatic rings. The lowest BCUT2D eigenvalue weighted by atomic mass is 10.1. The molecule has 2 heterocycles. The summed E-state index contributed by atoms with van der Waals surface area (Å²) in [6, 6.07) is 0.342. The van der Waals surface area contributed by atoms with Gasteiger partial charge < -0.3 is 9.64 Å². The molecule has 112 valence electrons. The van der Waals surface area contributed by atoms with E-state index in [9.17, 15) is 0 Å². The van der Waals surface area contributed by atoms with Crippen LogP contribution in [0.3, 0.4) is 0 Å². The number of aromatic nitrogens is 3. The summed E-state index contributed by atoms with van der Waals surface area (Å²) in [5, 5.41) is 0. The molecule has 1 aliphatic heterocycles. The molecule has 1 atom stereocenters. The second-order valence-electron chi connectivity index (χ2n) is 5.15. The summed E-state index contributed by atoms with van der Waals surface area (Å²) < 4.78 is 5.74. The Bertz CT molecular complexity index is 421. The lowest BCUT2D eigenvalue weighted by Gasteiger charge is -2.27. The summed E-state index contributed by atoms with van der Waals surface area (Å²) in [6.45, 7) is 6.08.